The lowest BCUT2D eigenvalue weighted by Crippen LogP contribution is -2.46. The van der Waals surface area contributed by atoms with Crippen molar-refractivity contribution in [3.8, 4) is 0 Å². The number of rotatable bonds is 5. The lowest BCUT2D eigenvalue weighted by Gasteiger charge is -2.32. The summed E-state index contributed by atoms with van der Waals surface area (Å²) in [4.78, 5) is 27.0. The highest BCUT2D eigenvalue weighted by molar-refractivity contribution is 5.85. The molecule has 5 heteroatoms. The summed E-state index contributed by atoms with van der Waals surface area (Å²) in [7, 11) is 1.77. The van der Waals surface area contributed by atoms with Crippen LogP contribution in [0.15, 0.2) is 0 Å². The van der Waals surface area contributed by atoms with E-state index in [1.807, 2.05) is 13.8 Å². The summed E-state index contributed by atoms with van der Waals surface area (Å²) < 4.78 is 0. The number of piperidine rings is 1. The number of carbonyl (C=O) groups excluding carboxylic acids is 2. The fourth-order valence-electron chi connectivity index (χ4n) is 2.11. The van der Waals surface area contributed by atoms with E-state index in [0.717, 1.165) is 12.8 Å². The Balaban J connectivity index is 2.46. The van der Waals surface area contributed by atoms with E-state index < -0.39 is 0 Å². The van der Waals surface area contributed by atoms with Crippen molar-refractivity contribution in [3.63, 3.8) is 0 Å². The smallest absolute Gasteiger partial charge is 0.241 e. The van der Waals surface area contributed by atoms with Gasteiger partial charge in [0.25, 0.3) is 0 Å². The third-order valence-electron chi connectivity index (χ3n) is 3.39. The quantitative estimate of drug-likeness (QED) is 0.775. The molecule has 0 aliphatic carbocycles. The van der Waals surface area contributed by atoms with Gasteiger partial charge in [-0.15, -0.1) is 0 Å². The molecule has 2 N–H and O–H groups in total. The third-order valence-corrected chi connectivity index (χ3v) is 3.39. The molecule has 0 aromatic heterocycles. The minimum Gasteiger partial charge on any atom is -0.344 e. The number of nitrogens with two attached hydrogens (primary N) is 1. The van der Waals surface area contributed by atoms with Gasteiger partial charge in [-0.1, -0.05) is 13.8 Å². The first-order chi connectivity index (χ1) is 8.35. The zero-order valence-corrected chi connectivity index (χ0v) is 11.7. The molecule has 1 fully saturated rings. The molecule has 1 heterocycles. The average molecular weight is 255 g/mol. The first-order valence-electron chi connectivity index (χ1n) is 6.57. The minimum atomic E-state index is -0.0870. The number of hydrogen-bond acceptors (Lipinski definition) is 3. The Labute approximate surface area is 109 Å². The maximum absolute atomic E-state index is 12.0. The highest BCUT2D eigenvalue weighted by Gasteiger charge is 2.25. The van der Waals surface area contributed by atoms with Crippen molar-refractivity contribution >= 4 is 11.8 Å². The number of nitrogens with zero attached hydrogens (tertiary/aromatic N) is 2. The van der Waals surface area contributed by atoms with Crippen molar-refractivity contribution in [1.29, 1.82) is 0 Å². The maximum Gasteiger partial charge on any atom is 0.241 e. The number of likely N-dealkylation sites (tertiary alicyclic amines) is 1. The minimum absolute atomic E-state index is 0.00762. The molecular weight excluding hydrogens is 230 g/mol. The van der Waals surface area contributed by atoms with Gasteiger partial charge in [0.2, 0.25) is 11.8 Å². The predicted molar refractivity (Wildman–Crippen MR) is 70.9 cm³/mol. The summed E-state index contributed by atoms with van der Waals surface area (Å²) >= 11 is 0. The van der Waals surface area contributed by atoms with Gasteiger partial charge >= 0.3 is 0 Å². The van der Waals surface area contributed by atoms with Crippen LogP contribution >= 0.6 is 0 Å². The maximum atomic E-state index is 12.0. The highest BCUT2D eigenvalue weighted by atomic mass is 16.2. The molecule has 1 aliphatic rings. The molecule has 18 heavy (non-hydrogen) atoms. The molecule has 0 saturated carbocycles. The van der Waals surface area contributed by atoms with Crippen molar-refractivity contribution in [2.75, 3.05) is 33.2 Å². The van der Waals surface area contributed by atoms with Crippen LogP contribution in [0.2, 0.25) is 0 Å². The Morgan fingerprint density at radius 3 is 2.67 bits per heavy atom. The first-order valence-corrected chi connectivity index (χ1v) is 6.57. The highest BCUT2D eigenvalue weighted by Crippen LogP contribution is 2.15. The van der Waals surface area contributed by atoms with E-state index in [-0.39, 0.29) is 23.8 Å². The summed E-state index contributed by atoms with van der Waals surface area (Å²) in [6.07, 6.45) is 2.52. The second-order valence-electron chi connectivity index (χ2n) is 5.89. The molecule has 2 amide bonds. The molecule has 0 aromatic rings. The van der Waals surface area contributed by atoms with E-state index in [4.69, 9.17) is 5.73 Å². The van der Waals surface area contributed by atoms with Gasteiger partial charge in [-0.25, -0.2) is 0 Å². The Kier molecular flexibility index (Phi) is 5.14. The monoisotopic (exact) mass is 255 g/mol. The van der Waals surface area contributed by atoms with E-state index in [9.17, 15) is 9.59 Å². The van der Waals surface area contributed by atoms with Gasteiger partial charge in [-0.05, 0) is 24.8 Å². The second kappa shape index (κ2) is 6.18. The fourth-order valence-corrected chi connectivity index (χ4v) is 2.11. The zero-order chi connectivity index (χ0) is 13.8. The standard InChI is InChI=1S/C13H25N3O2/c1-13(2,9-14)10-15(3)12(18)8-16-7-5-4-6-11(16)17/h4-10,14H2,1-3H3. The molecule has 0 unspecified atom stereocenters. The van der Waals surface area contributed by atoms with Crippen LogP contribution in [0.3, 0.4) is 0 Å². The van der Waals surface area contributed by atoms with Gasteiger partial charge in [-0.3, -0.25) is 9.59 Å². The third kappa shape index (κ3) is 4.29. The van der Waals surface area contributed by atoms with Crippen LogP contribution in [0.25, 0.3) is 0 Å². The van der Waals surface area contributed by atoms with E-state index >= 15 is 0 Å². The van der Waals surface area contributed by atoms with Crippen LogP contribution in [-0.2, 0) is 9.59 Å². The predicted octanol–water partition coefficient (Wildman–Crippen LogP) is 0.442. The molecular formula is C13H25N3O2. The van der Waals surface area contributed by atoms with E-state index in [1.54, 1.807) is 16.8 Å². The van der Waals surface area contributed by atoms with Gasteiger partial charge < -0.3 is 15.5 Å². The SMILES string of the molecule is CN(CC(C)(C)CN)C(=O)CN1CCCCC1=O. The van der Waals surface area contributed by atoms with Gasteiger partial charge in [0.1, 0.15) is 0 Å². The van der Waals surface area contributed by atoms with Crippen LogP contribution in [0.4, 0.5) is 0 Å². The van der Waals surface area contributed by atoms with Crippen molar-refractivity contribution in [1.82, 2.24) is 9.80 Å². The van der Waals surface area contributed by atoms with Crippen molar-refractivity contribution in [2.45, 2.75) is 33.1 Å². The van der Waals surface area contributed by atoms with Crippen LogP contribution in [-0.4, -0.2) is 54.8 Å². The Morgan fingerprint density at radius 1 is 1.44 bits per heavy atom. The molecule has 0 bridgehead atoms. The van der Waals surface area contributed by atoms with Crippen molar-refractivity contribution < 1.29 is 9.59 Å². The average Bonchev–Trinajstić information content (AvgIpc) is 2.31. The lowest BCUT2D eigenvalue weighted by atomic mass is 9.93. The van der Waals surface area contributed by atoms with E-state index in [0.29, 0.717) is 26.1 Å². The molecule has 0 radical (unpaired) electrons. The normalized spacial score (nSPS) is 16.9. The summed E-state index contributed by atoms with van der Waals surface area (Å²) in [6.45, 7) is 6.12. The van der Waals surface area contributed by atoms with Crippen molar-refractivity contribution in [3.05, 3.63) is 0 Å². The molecule has 0 spiro atoms. The molecule has 104 valence electrons. The summed E-state index contributed by atoms with van der Waals surface area (Å²) in [5.74, 6) is 0.0906. The fraction of sp³-hybridized carbons (Fsp3) is 0.846. The van der Waals surface area contributed by atoms with Gasteiger partial charge in [-0.2, -0.15) is 0 Å². The molecule has 0 aromatic carbocycles. The molecule has 5 nitrogen and oxygen atoms in total. The second-order valence-corrected chi connectivity index (χ2v) is 5.89. The Morgan fingerprint density at radius 2 is 2.11 bits per heavy atom. The lowest BCUT2D eigenvalue weighted by molar-refractivity contribution is -0.141. The zero-order valence-electron chi connectivity index (χ0n) is 11.7. The summed E-state index contributed by atoms with van der Waals surface area (Å²) in [5.41, 5.74) is 5.57. The summed E-state index contributed by atoms with van der Waals surface area (Å²) in [5, 5.41) is 0. The van der Waals surface area contributed by atoms with Gasteiger partial charge in [0.05, 0.1) is 6.54 Å². The Hall–Kier alpha value is -1.10. The molecule has 1 rings (SSSR count). The van der Waals surface area contributed by atoms with Crippen LogP contribution in [0.1, 0.15) is 33.1 Å². The number of carbonyl (C=O) groups is 2. The largest absolute Gasteiger partial charge is 0.344 e. The van der Waals surface area contributed by atoms with Crippen LogP contribution < -0.4 is 5.73 Å². The van der Waals surface area contributed by atoms with Crippen molar-refractivity contribution in [2.24, 2.45) is 11.1 Å². The van der Waals surface area contributed by atoms with Crippen LogP contribution in [0.5, 0.6) is 0 Å². The topological polar surface area (TPSA) is 66.6 Å². The van der Waals surface area contributed by atoms with Gasteiger partial charge in [0.15, 0.2) is 0 Å². The van der Waals surface area contributed by atoms with E-state index in [1.165, 1.54) is 0 Å². The first kappa shape index (κ1) is 15.0. The van der Waals surface area contributed by atoms with Gasteiger partial charge in [0, 0.05) is 26.6 Å². The van der Waals surface area contributed by atoms with E-state index in [2.05, 4.69) is 0 Å². The van der Waals surface area contributed by atoms with Crippen LogP contribution in [0, 0.1) is 5.41 Å². The molecule has 1 saturated heterocycles. The number of likely N-dealkylation sites (N-methyl/N-ethyl adjacent to an activating group) is 1. The number of hydrogen-bond donors (Lipinski definition) is 1. The Bertz CT molecular complexity index is 315. The molecule has 1 aliphatic heterocycles. The molecule has 0 atom stereocenters. The summed E-state index contributed by atoms with van der Waals surface area (Å²) in [6, 6.07) is 0. The number of amides is 2.